The van der Waals surface area contributed by atoms with Gasteiger partial charge in [0.2, 0.25) is 5.76 Å². The zero-order valence-corrected chi connectivity index (χ0v) is 24.0. The molecule has 0 bridgehead atoms. The van der Waals surface area contributed by atoms with E-state index in [1.807, 2.05) is 75.4 Å². The molecule has 1 atom stereocenters. The summed E-state index contributed by atoms with van der Waals surface area (Å²) >= 11 is 0. The van der Waals surface area contributed by atoms with Gasteiger partial charge in [0.25, 0.3) is 5.91 Å². The topological polar surface area (TPSA) is 69.0 Å². The molecule has 0 fully saturated rings. The quantitative estimate of drug-likeness (QED) is 0.196. The van der Waals surface area contributed by atoms with Gasteiger partial charge in [-0.15, -0.1) is 0 Å². The molecule has 1 aliphatic heterocycles. The number of methoxy groups -OCH3 is 1. The lowest BCUT2D eigenvalue weighted by molar-refractivity contribution is 0.0714. The summed E-state index contributed by atoms with van der Waals surface area (Å²) in [6.07, 6.45) is 4.44. The molecule has 0 spiro atoms. The number of ether oxygens (including phenoxy) is 2. The van der Waals surface area contributed by atoms with Crippen molar-refractivity contribution in [2.24, 2.45) is 0 Å². The summed E-state index contributed by atoms with van der Waals surface area (Å²) in [7, 11) is 1.61. The van der Waals surface area contributed by atoms with Gasteiger partial charge < -0.3 is 18.8 Å². The molecule has 40 heavy (non-hydrogen) atoms. The number of hydrogen-bond acceptors (Lipinski definition) is 5. The van der Waals surface area contributed by atoms with Crippen LogP contribution >= 0.6 is 0 Å². The molecule has 5 rings (SSSR count). The lowest BCUT2D eigenvalue weighted by atomic mass is 9.97. The molecule has 1 unspecified atom stereocenters. The minimum absolute atomic E-state index is 0.105. The van der Waals surface area contributed by atoms with Gasteiger partial charge in [-0.2, -0.15) is 0 Å². The van der Waals surface area contributed by atoms with Crippen molar-refractivity contribution >= 4 is 16.9 Å². The Morgan fingerprint density at radius 2 is 1.62 bits per heavy atom. The number of benzene rings is 3. The monoisotopic (exact) mass is 539 g/mol. The summed E-state index contributed by atoms with van der Waals surface area (Å²) in [4.78, 5) is 29.6. The van der Waals surface area contributed by atoms with Crippen molar-refractivity contribution in [2.45, 2.75) is 66.0 Å². The number of rotatable bonds is 10. The van der Waals surface area contributed by atoms with Crippen molar-refractivity contribution in [2.75, 3.05) is 13.7 Å². The molecule has 6 nitrogen and oxygen atoms in total. The fourth-order valence-electron chi connectivity index (χ4n) is 5.36. The predicted octanol–water partition coefficient (Wildman–Crippen LogP) is 7.43. The summed E-state index contributed by atoms with van der Waals surface area (Å²) in [5.74, 6) is 1.02. The summed E-state index contributed by atoms with van der Waals surface area (Å²) in [5.41, 5.74) is 5.50. The van der Waals surface area contributed by atoms with Crippen LogP contribution in [0.3, 0.4) is 0 Å². The van der Waals surface area contributed by atoms with Crippen molar-refractivity contribution in [3.8, 4) is 11.5 Å². The second kappa shape index (κ2) is 11.6. The number of carbonyl (C=O) groups is 1. The highest BCUT2D eigenvalue weighted by molar-refractivity contribution is 5.99. The van der Waals surface area contributed by atoms with E-state index in [9.17, 15) is 9.59 Å². The average Bonchev–Trinajstić information content (AvgIpc) is 3.22. The third-order valence-corrected chi connectivity index (χ3v) is 7.81. The summed E-state index contributed by atoms with van der Waals surface area (Å²) in [6.45, 7) is 9.09. The zero-order chi connectivity index (χ0) is 28.4. The van der Waals surface area contributed by atoms with Gasteiger partial charge in [0.1, 0.15) is 5.58 Å². The SMILES string of the molecule is CCCCCCOc1ccc(C2c3c(oc4cc(C)c(C)cc4c3=O)C(=O)N2Cc2ccc(C)cc2)cc1OC. The largest absolute Gasteiger partial charge is 0.493 e. The van der Waals surface area contributed by atoms with Crippen LogP contribution in [0.2, 0.25) is 0 Å². The highest BCUT2D eigenvalue weighted by Crippen LogP contribution is 2.42. The Morgan fingerprint density at radius 3 is 2.35 bits per heavy atom. The van der Waals surface area contributed by atoms with Crippen LogP contribution in [0.4, 0.5) is 0 Å². The van der Waals surface area contributed by atoms with Gasteiger partial charge in [-0.05, 0) is 73.7 Å². The van der Waals surface area contributed by atoms with E-state index in [1.54, 1.807) is 12.0 Å². The van der Waals surface area contributed by atoms with Gasteiger partial charge >= 0.3 is 0 Å². The molecule has 0 N–H and O–H groups in total. The van der Waals surface area contributed by atoms with Crippen LogP contribution in [0.15, 0.2) is 63.8 Å². The fourth-order valence-corrected chi connectivity index (χ4v) is 5.36. The number of aryl methyl sites for hydroxylation is 3. The first-order valence-corrected chi connectivity index (χ1v) is 14.1. The first-order chi connectivity index (χ1) is 19.3. The minimum atomic E-state index is -0.626. The van der Waals surface area contributed by atoms with E-state index < -0.39 is 6.04 Å². The van der Waals surface area contributed by atoms with Crippen molar-refractivity contribution < 1.29 is 18.7 Å². The maximum atomic E-state index is 14.0. The Balaban J connectivity index is 1.60. The van der Waals surface area contributed by atoms with E-state index in [0.29, 0.717) is 41.2 Å². The maximum absolute atomic E-state index is 14.0. The molecule has 3 aromatic carbocycles. The van der Waals surface area contributed by atoms with Gasteiger partial charge in [-0.1, -0.05) is 62.1 Å². The number of nitrogens with zero attached hydrogens (tertiary/aromatic N) is 1. The van der Waals surface area contributed by atoms with Crippen LogP contribution in [-0.4, -0.2) is 24.5 Å². The lowest BCUT2D eigenvalue weighted by Crippen LogP contribution is -2.29. The second-order valence-corrected chi connectivity index (χ2v) is 10.7. The number of fused-ring (bicyclic) bond motifs is 2. The van der Waals surface area contributed by atoms with Crippen LogP contribution in [0, 0.1) is 20.8 Å². The molecule has 1 aromatic heterocycles. The molecular formula is C34H37NO5. The van der Waals surface area contributed by atoms with Gasteiger partial charge in [-0.3, -0.25) is 9.59 Å². The van der Waals surface area contributed by atoms with E-state index in [4.69, 9.17) is 13.9 Å². The third-order valence-electron chi connectivity index (χ3n) is 7.81. The normalized spacial score (nSPS) is 14.6. The van der Waals surface area contributed by atoms with Gasteiger partial charge in [-0.25, -0.2) is 0 Å². The molecular weight excluding hydrogens is 502 g/mol. The Hall–Kier alpha value is -4.06. The highest BCUT2D eigenvalue weighted by Gasteiger charge is 2.43. The third kappa shape index (κ3) is 5.23. The Kier molecular flexibility index (Phi) is 7.97. The van der Waals surface area contributed by atoms with Crippen LogP contribution in [0.5, 0.6) is 11.5 Å². The van der Waals surface area contributed by atoms with Gasteiger partial charge in [0.05, 0.1) is 30.7 Å². The Morgan fingerprint density at radius 1 is 0.875 bits per heavy atom. The van der Waals surface area contributed by atoms with E-state index >= 15 is 0 Å². The fraction of sp³-hybridized carbons (Fsp3) is 0.353. The van der Waals surface area contributed by atoms with Crippen molar-refractivity contribution in [3.05, 3.63) is 104 Å². The van der Waals surface area contributed by atoms with E-state index in [-0.39, 0.29) is 17.1 Å². The average molecular weight is 540 g/mol. The summed E-state index contributed by atoms with van der Waals surface area (Å²) in [5, 5.41) is 0.482. The second-order valence-electron chi connectivity index (χ2n) is 10.7. The molecule has 0 saturated heterocycles. The van der Waals surface area contributed by atoms with E-state index in [2.05, 4.69) is 6.92 Å². The molecule has 0 aliphatic carbocycles. The molecule has 2 heterocycles. The molecule has 1 amide bonds. The molecule has 1 aliphatic rings. The van der Waals surface area contributed by atoms with Crippen molar-refractivity contribution in [3.63, 3.8) is 0 Å². The predicted molar refractivity (Wildman–Crippen MR) is 157 cm³/mol. The van der Waals surface area contributed by atoms with Crippen LogP contribution < -0.4 is 14.9 Å². The molecule has 4 aromatic rings. The first-order valence-electron chi connectivity index (χ1n) is 14.1. The van der Waals surface area contributed by atoms with Crippen LogP contribution in [0.1, 0.15) is 82.6 Å². The summed E-state index contributed by atoms with van der Waals surface area (Å²) in [6, 6.07) is 16.8. The number of unbranched alkanes of at least 4 members (excludes halogenated alkanes) is 3. The Bertz CT molecular complexity index is 1600. The standard InChI is InChI=1S/C34H37NO5/c1-6-7-8-9-16-39-27-15-14-25(19-29(27)38-5)31-30-32(36)26-17-22(3)23(4)18-28(26)40-33(30)34(37)35(31)20-24-12-10-21(2)11-13-24/h10-15,17-19,31H,6-9,16,20H2,1-5H3. The van der Waals surface area contributed by atoms with E-state index in [1.165, 1.54) is 12.8 Å². The minimum Gasteiger partial charge on any atom is -0.493 e. The lowest BCUT2D eigenvalue weighted by Gasteiger charge is -2.26. The van der Waals surface area contributed by atoms with Crippen molar-refractivity contribution in [1.29, 1.82) is 0 Å². The van der Waals surface area contributed by atoms with Crippen LogP contribution in [0.25, 0.3) is 11.0 Å². The summed E-state index contributed by atoms with van der Waals surface area (Å²) < 4.78 is 17.9. The maximum Gasteiger partial charge on any atom is 0.291 e. The Labute approximate surface area is 235 Å². The molecule has 0 radical (unpaired) electrons. The molecule has 6 heteroatoms. The first kappa shape index (κ1) is 27.5. The zero-order valence-electron chi connectivity index (χ0n) is 24.0. The smallest absolute Gasteiger partial charge is 0.291 e. The number of amides is 1. The molecule has 0 saturated carbocycles. The van der Waals surface area contributed by atoms with Gasteiger partial charge in [0, 0.05) is 6.54 Å². The number of carbonyl (C=O) groups excluding carboxylic acids is 1. The van der Waals surface area contributed by atoms with Gasteiger partial charge in [0.15, 0.2) is 16.9 Å². The van der Waals surface area contributed by atoms with E-state index in [0.717, 1.165) is 40.7 Å². The van der Waals surface area contributed by atoms with Crippen LogP contribution in [-0.2, 0) is 6.54 Å². The number of hydrogen-bond donors (Lipinski definition) is 0. The van der Waals surface area contributed by atoms with Crippen molar-refractivity contribution in [1.82, 2.24) is 4.90 Å². The highest BCUT2D eigenvalue weighted by atomic mass is 16.5. The molecule has 208 valence electrons.